The average Bonchev–Trinajstić information content (AvgIpc) is 3.09. The first kappa shape index (κ1) is 20.0. The fourth-order valence-corrected chi connectivity index (χ4v) is 3.44. The highest BCUT2D eigenvalue weighted by molar-refractivity contribution is 7.05. The summed E-state index contributed by atoms with van der Waals surface area (Å²) in [6, 6.07) is 2.17. The van der Waals surface area contributed by atoms with Gasteiger partial charge in [-0.15, -0.1) is 0 Å². The van der Waals surface area contributed by atoms with Crippen LogP contribution in [0.25, 0.3) is 0 Å². The first-order valence-electron chi connectivity index (χ1n) is 8.51. The third-order valence-electron chi connectivity index (χ3n) is 4.32. The lowest BCUT2D eigenvalue weighted by atomic mass is 9.93. The summed E-state index contributed by atoms with van der Waals surface area (Å²) in [4.78, 5) is 19.7. The number of halogens is 3. The standard InChI is InChI=1S/C17H16F3N5O2S/c1-9-23-15(25-28-9)16(26)24-10-2-4-11(5-3-10)27-12-6-13(17(18,19)20)14(7-21)22-8-12/h6,8,10-11H,2-5H2,1H3,(H,24,26)/t10-,11-. The molecule has 0 spiro atoms. The number of nitrogens with zero attached hydrogens (tertiary/aromatic N) is 4. The van der Waals surface area contributed by atoms with Crippen LogP contribution in [0.5, 0.6) is 5.75 Å². The number of aromatic nitrogens is 3. The molecule has 0 bridgehead atoms. The number of amides is 1. The third kappa shape index (κ3) is 4.75. The number of alkyl halides is 3. The van der Waals surface area contributed by atoms with Crippen LogP contribution in [0.15, 0.2) is 12.3 Å². The monoisotopic (exact) mass is 411 g/mol. The minimum Gasteiger partial charge on any atom is -0.489 e. The van der Waals surface area contributed by atoms with Gasteiger partial charge in [0.1, 0.15) is 16.8 Å². The molecule has 1 saturated carbocycles. The normalized spacial score (nSPS) is 19.7. The zero-order valence-electron chi connectivity index (χ0n) is 14.8. The Labute approximate surface area is 162 Å². The summed E-state index contributed by atoms with van der Waals surface area (Å²) in [7, 11) is 0. The Kier molecular flexibility index (Phi) is 5.79. The zero-order chi connectivity index (χ0) is 20.3. The van der Waals surface area contributed by atoms with Crippen molar-refractivity contribution in [3.63, 3.8) is 0 Å². The maximum Gasteiger partial charge on any atom is 0.419 e. The fourth-order valence-electron chi connectivity index (χ4n) is 2.97. The number of carbonyl (C=O) groups is 1. The van der Waals surface area contributed by atoms with Crippen LogP contribution in [0.4, 0.5) is 13.2 Å². The van der Waals surface area contributed by atoms with Crippen molar-refractivity contribution in [3.05, 3.63) is 34.4 Å². The zero-order valence-corrected chi connectivity index (χ0v) is 15.6. The molecule has 2 aromatic heterocycles. The minimum absolute atomic E-state index is 0.0269. The predicted molar refractivity (Wildman–Crippen MR) is 92.7 cm³/mol. The lowest BCUT2D eigenvalue weighted by molar-refractivity contribution is -0.138. The smallest absolute Gasteiger partial charge is 0.419 e. The summed E-state index contributed by atoms with van der Waals surface area (Å²) in [6.45, 7) is 1.76. The molecular weight excluding hydrogens is 395 g/mol. The molecule has 0 atom stereocenters. The SMILES string of the molecule is Cc1nc(C(=O)N[C@H]2CC[C@H](Oc3cnc(C#N)c(C(F)(F)F)c3)CC2)ns1. The van der Waals surface area contributed by atoms with Gasteiger partial charge in [0.05, 0.1) is 17.9 Å². The van der Waals surface area contributed by atoms with Gasteiger partial charge in [-0.25, -0.2) is 9.97 Å². The van der Waals surface area contributed by atoms with E-state index in [0.717, 1.165) is 23.8 Å². The van der Waals surface area contributed by atoms with Gasteiger partial charge in [0.2, 0.25) is 5.82 Å². The number of nitrogens with one attached hydrogen (secondary N) is 1. The molecule has 1 aliphatic rings. The van der Waals surface area contributed by atoms with Gasteiger partial charge >= 0.3 is 6.18 Å². The van der Waals surface area contributed by atoms with E-state index in [-0.39, 0.29) is 29.6 Å². The number of rotatable bonds is 4. The second-order valence-corrected chi connectivity index (χ2v) is 7.33. The Morgan fingerprint density at radius 2 is 2.07 bits per heavy atom. The molecule has 0 unspecified atom stereocenters. The Balaban J connectivity index is 1.56. The summed E-state index contributed by atoms with van der Waals surface area (Å²) < 4.78 is 48.6. The van der Waals surface area contributed by atoms with Crippen molar-refractivity contribution in [3.8, 4) is 11.8 Å². The predicted octanol–water partition coefficient (Wildman–Crippen LogP) is 3.25. The lowest BCUT2D eigenvalue weighted by Gasteiger charge is -2.29. The maximum absolute atomic E-state index is 13.0. The summed E-state index contributed by atoms with van der Waals surface area (Å²) >= 11 is 1.15. The van der Waals surface area contributed by atoms with Crippen LogP contribution in [-0.2, 0) is 6.18 Å². The highest BCUT2D eigenvalue weighted by Crippen LogP contribution is 2.34. The van der Waals surface area contributed by atoms with E-state index in [1.807, 2.05) is 0 Å². The number of hydrogen-bond donors (Lipinski definition) is 1. The Morgan fingerprint density at radius 1 is 1.36 bits per heavy atom. The number of ether oxygens (including phenoxy) is 1. The molecule has 11 heteroatoms. The maximum atomic E-state index is 13.0. The van der Waals surface area contributed by atoms with Crippen molar-refractivity contribution in [2.45, 2.75) is 50.9 Å². The Morgan fingerprint density at radius 3 is 2.64 bits per heavy atom. The number of pyridine rings is 1. The van der Waals surface area contributed by atoms with Gasteiger partial charge in [-0.05, 0) is 50.2 Å². The molecule has 1 fully saturated rings. The first-order valence-corrected chi connectivity index (χ1v) is 9.28. The largest absolute Gasteiger partial charge is 0.489 e. The van der Waals surface area contributed by atoms with Gasteiger partial charge in [0.25, 0.3) is 5.91 Å². The van der Waals surface area contributed by atoms with E-state index in [1.54, 1.807) is 6.92 Å². The average molecular weight is 411 g/mol. The van der Waals surface area contributed by atoms with Crippen LogP contribution < -0.4 is 10.1 Å². The quantitative estimate of drug-likeness (QED) is 0.829. The molecule has 7 nitrogen and oxygen atoms in total. The summed E-state index contributed by atoms with van der Waals surface area (Å²) in [5.74, 6) is -0.218. The van der Waals surface area contributed by atoms with Crippen LogP contribution in [-0.4, -0.2) is 32.4 Å². The van der Waals surface area contributed by atoms with E-state index >= 15 is 0 Å². The number of aryl methyl sites for hydroxylation is 1. The molecule has 2 aromatic rings. The van der Waals surface area contributed by atoms with E-state index in [9.17, 15) is 18.0 Å². The van der Waals surface area contributed by atoms with Crippen LogP contribution >= 0.6 is 11.5 Å². The lowest BCUT2D eigenvalue weighted by Crippen LogP contribution is -2.40. The van der Waals surface area contributed by atoms with Crippen LogP contribution in [0.2, 0.25) is 0 Å². The summed E-state index contributed by atoms with van der Waals surface area (Å²) in [5.41, 5.74) is -1.79. The van der Waals surface area contributed by atoms with E-state index < -0.39 is 17.4 Å². The second kappa shape index (κ2) is 8.10. The van der Waals surface area contributed by atoms with Crippen LogP contribution in [0.1, 0.15) is 52.6 Å². The molecule has 28 heavy (non-hydrogen) atoms. The van der Waals surface area contributed by atoms with Crippen molar-refractivity contribution < 1.29 is 22.7 Å². The number of nitriles is 1. The molecule has 1 aliphatic carbocycles. The summed E-state index contributed by atoms with van der Waals surface area (Å²) in [5, 5.41) is 12.4. The van der Waals surface area contributed by atoms with E-state index in [0.29, 0.717) is 30.7 Å². The van der Waals surface area contributed by atoms with Crippen LogP contribution in [0, 0.1) is 18.3 Å². The summed E-state index contributed by atoms with van der Waals surface area (Å²) in [6.07, 6.45) is -1.47. The van der Waals surface area contributed by atoms with Gasteiger partial charge in [0, 0.05) is 6.04 Å². The highest BCUT2D eigenvalue weighted by Gasteiger charge is 2.35. The van der Waals surface area contributed by atoms with Crippen molar-refractivity contribution in [2.24, 2.45) is 0 Å². The molecule has 148 valence electrons. The van der Waals surface area contributed by atoms with Gasteiger partial charge in [-0.1, -0.05) is 0 Å². The molecule has 1 amide bonds. The van der Waals surface area contributed by atoms with E-state index in [2.05, 4.69) is 19.7 Å². The van der Waals surface area contributed by atoms with Crippen LogP contribution in [0.3, 0.4) is 0 Å². The van der Waals surface area contributed by atoms with Gasteiger partial charge in [-0.3, -0.25) is 4.79 Å². The van der Waals surface area contributed by atoms with E-state index in [1.165, 1.54) is 6.07 Å². The molecule has 0 aliphatic heterocycles. The van der Waals surface area contributed by atoms with Gasteiger partial charge in [0.15, 0.2) is 5.69 Å². The molecular formula is C17H16F3N5O2S. The molecule has 3 rings (SSSR count). The third-order valence-corrected chi connectivity index (χ3v) is 4.94. The highest BCUT2D eigenvalue weighted by atomic mass is 32.1. The van der Waals surface area contributed by atoms with Crippen molar-refractivity contribution in [2.75, 3.05) is 0 Å². The topological polar surface area (TPSA) is 101 Å². The second-order valence-electron chi connectivity index (χ2n) is 6.38. The molecule has 1 N–H and O–H groups in total. The van der Waals surface area contributed by atoms with Crippen molar-refractivity contribution >= 4 is 17.4 Å². The van der Waals surface area contributed by atoms with E-state index in [4.69, 9.17) is 10.00 Å². The first-order chi connectivity index (χ1) is 13.3. The van der Waals surface area contributed by atoms with Gasteiger partial charge in [-0.2, -0.15) is 22.8 Å². The Bertz CT molecular complexity index is 901. The molecule has 0 aromatic carbocycles. The Hall–Kier alpha value is -2.74. The fraction of sp³-hybridized carbons (Fsp3) is 0.471. The number of carbonyl (C=O) groups excluding carboxylic acids is 1. The van der Waals surface area contributed by atoms with Crippen molar-refractivity contribution in [1.82, 2.24) is 19.7 Å². The molecule has 0 radical (unpaired) electrons. The van der Waals surface area contributed by atoms with Crippen molar-refractivity contribution in [1.29, 1.82) is 5.26 Å². The molecule has 0 saturated heterocycles. The molecule has 2 heterocycles. The number of hydrogen-bond acceptors (Lipinski definition) is 7. The van der Waals surface area contributed by atoms with Gasteiger partial charge < -0.3 is 10.1 Å². The minimum atomic E-state index is -4.68.